The van der Waals surface area contributed by atoms with E-state index < -0.39 is 40.0 Å². The van der Waals surface area contributed by atoms with Gasteiger partial charge in [0.05, 0.1) is 11.6 Å². The average molecular weight is 481 g/mol. The minimum atomic E-state index is -4.15. The van der Waals surface area contributed by atoms with Gasteiger partial charge in [0.15, 0.2) is 0 Å². The number of thiazole rings is 1. The highest BCUT2D eigenvalue weighted by atomic mass is 32.2. The lowest BCUT2D eigenvalue weighted by molar-refractivity contribution is -0.128. The van der Waals surface area contributed by atoms with Gasteiger partial charge in [-0.25, -0.2) is 4.98 Å². The average Bonchev–Trinajstić information content (AvgIpc) is 3.26. The van der Waals surface area contributed by atoms with Crippen molar-refractivity contribution in [1.82, 2.24) is 24.6 Å². The van der Waals surface area contributed by atoms with Crippen molar-refractivity contribution in [3.63, 3.8) is 0 Å². The van der Waals surface area contributed by atoms with E-state index in [4.69, 9.17) is 5.73 Å². The molecule has 2 atom stereocenters. The van der Waals surface area contributed by atoms with Gasteiger partial charge in [-0.15, -0.1) is 11.3 Å². The topological polar surface area (TPSA) is 164 Å². The van der Waals surface area contributed by atoms with E-state index in [1.165, 1.54) is 11.3 Å². The molecule has 1 fully saturated rings. The van der Waals surface area contributed by atoms with Crippen LogP contribution in [0.3, 0.4) is 0 Å². The SMILES string of the molecule is NC(=O)[C@H](Cc1nccs1)NC(=O)[C@H](Cc1ccccc1)NS(=O)(=O)N1CCNC(=O)C1. The predicted molar refractivity (Wildman–Crippen MR) is 118 cm³/mol. The van der Waals surface area contributed by atoms with Crippen molar-refractivity contribution in [2.75, 3.05) is 19.6 Å². The summed E-state index contributed by atoms with van der Waals surface area (Å²) in [5.74, 6) is -1.90. The van der Waals surface area contributed by atoms with Crippen LogP contribution in [0.25, 0.3) is 0 Å². The Hall–Kier alpha value is -2.87. The molecule has 0 radical (unpaired) electrons. The smallest absolute Gasteiger partial charge is 0.280 e. The molecule has 0 spiro atoms. The Kier molecular flexibility index (Phi) is 7.90. The van der Waals surface area contributed by atoms with Gasteiger partial charge >= 0.3 is 0 Å². The fourth-order valence-electron chi connectivity index (χ4n) is 3.14. The molecular formula is C19H24N6O5S2. The molecule has 13 heteroatoms. The molecule has 1 aromatic carbocycles. The maximum atomic E-state index is 13.1. The number of carbonyl (C=O) groups excluding carboxylic acids is 3. The van der Waals surface area contributed by atoms with Crippen molar-refractivity contribution in [2.45, 2.75) is 24.9 Å². The molecule has 3 amide bonds. The van der Waals surface area contributed by atoms with Gasteiger partial charge in [0.1, 0.15) is 12.1 Å². The van der Waals surface area contributed by atoms with Crippen molar-refractivity contribution < 1.29 is 22.8 Å². The molecule has 0 saturated carbocycles. The normalized spacial score (nSPS) is 16.7. The van der Waals surface area contributed by atoms with Crippen molar-refractivity contribution in [3.05, 3.63) is 52.5 Å². The lowest BCUT2D eigenvalue weighted by atomic mass is 10.1. The third-order valence-electron chi connectivity index (χ3n) is 4.76. The number of hydrogen-bond donors (Lipinski definition) is 4. The molecule has 0 unspecified atom stereocenters. The van der Waals surface area contributed by atoms with E-state index in [-0.39, 0.29) is 32.5 Å². The van der Waals surface area contributed by atoms with E-state index in [0.29, 0.717) is 10.6 Å². The number of rotatable bonds is 10. The predicted octanol–water partition coefficient (Wildman–Crippen LogP) is -1.47. The zero-order valence-corrected chi connectivity index (χ0v) is 18.7. The van der Waals surface area contributed by atoms with Gasteiger partial charge < -0.3 is 16.4 Å². The highest BCUT2D eigenvalue weighted by molar-refractivity contribution is 7.87. The molecule has 1 saturated heterocycles. The highest BCUT2D eigenvalue weighted by Crippen LogP contribution is 2.10. The molecule has 2 aromatic rings. The van der Waals surface area contributed by atoms with E-state index >= 15 is 0 Å². The molecule has 2 heterocycles. The summed E-state index contributed by atoms with van der Waals surface area (Å²) in [6.45, 7) is -0.0927. The Morgan fingerprint density at radius 1 is 1.22 bits per heavy atom. The summed E-state index contributed by atoms with van der Waals surface area (Å²) in [5, 5.41) is 7.43. The molecule has 11 nitrogen and oxygen atoms in total. The molecule has 1 aromatic heterocycles. The second-order valence-corrected chi connectivity index (χ2v) is 9.82. The Morgan fingerprint density at radius 2 is 1.97 bits per heavy atom. The van der Waals surface area contributed by atoms with Gasteiger partial charge in [0.2, 0.25) is 17.7 Å². The maximum Gasteiger partial charge on any atom is 0.280 e. The van der Waals surface area contributed by atoms with Gasteiger partial charge in [-0.1, -0.05) is 30.3 Å². The molecular weight excluding hydrogens is 456 g/mol. The number of hydrogen-bond acceptors (Lipinski definition) is 7. The minimum absolute atomic E-state index is 0.0364. The number of amides is 3. The first-order valence-electron chi connectivity index (χ1n) is 9.80. The lowest BCUT2D eigenvalue weighted by Gasteiger charge is -2.28. The number of carbonyl (C=O) groups is 3. The Labute approximate surface area is 189 Å². The minimum Gasteiger partial charge on any atom is -0.368 e. The van der Waals surface area contributed by atoms with E-state index in [0.717, 1.165) is 4.31 Å². The maximum absolute atomic E-state index is 13.1. The third-order valence-corrected chi connectivity index (χ3v) is 7.13. The number of benzene rings is 1. The molecule has 1 aliphatic heterocycles. The summed E-state index contributed by atoms with van der Waals surface area (Å²) in [7, 11) is -4.15. The van der Waals surface area contributed by atoms with Gasteiger partial charge in [0.25, 0.3) is 10.2 Å². The Balaban J connectivity index is 1.78. The summed E-state index contributed by atoms with van der Waals surface area (Å²) in [6.07, 6.45) is 1.70. The molecule has 0 bridgehead atoms. The quantitative estimate of drug-likeness (QED) is 0.324. The first-order chi connectivity index (χ1) is 15.2. The highest BCUT2D eigenvalue weighted by Gasteiger charge is 2.33. The van der Waals surface area contributed by atoms with Crippen LogP contribution >= 0.6 is 11.3 Å². The van der Waals surface area contributed by atoms with Gasteiger partial charge in [0, 0.05) is 31.1 Å². The summed E-state index contributed by atoms with van der Waals surface area (Å²) in [4.78, 5) is 40.7. The van der Waals surface area contributed by atoms with Crippen LogP contribution in [-0.2, 0) is 37.4 Å². The number of aromatic nitrogens is 1. The fraction of sp³-hybridized carbons (Fsp3) is 0.368. The number of primary amides is 1. The third kappa shape index (κ3) is 6.56. The van der Waals surface area contributed by atoms with Crippen molar-refractivity contribution in [2.24, 2.45) is 5.73 Å². The van der Waals surface area contributed by atoms with Gasteiger partial charge in [-0.2, -0.15) is 17.4 Å². The van der Waals surface area contributed by atoms with E-state index in [1.807, 2.05) is 0 Å². The van der Waals surface area contributed by atoms with E-state index in [1.54, 1.807) is 41.9 Å². The monoisotopic (exact) mass is 480 g/mol. The number of nitrogens with two attached hydrogens (primary N) is 1. The van der Waals surface area contributed by atoms with Crippen LogP contribution in [0.2, 0.25) is 0 Å². The van der Waals surface area contributed by atoms with Crippen LogP contribution in [0.4, 0.5) is 0 Å². The summed E-state index contributed by atoms with van der Waals surface area (Å²) in [6, 6.07) is 6.55. The Bertz CT molecular complexity index is 1050. The Morgan fingerprint density at radius 3 is 2.59 bits per heavy atom. The van der Waals surface area contributed by atoms with Crippen molar-refractivity contribution in [1.29, 1.82) is 0 Å². The lowest BCUT2D eigenvalue weighted by Crippen LogP contribution is -2.59. The van der Waals surface area contributed by atoms with Crippen LogP contribution < -0.4 is 21.1 Å². The molecule has 5 N–H and O–H groups in total. The van der Waals surface area contributed by atoms with Gasteiger partial charge in [-0.3, -0.25) is 14.4 Å². The number of piperazine rings is 1. The summed E-state index contributed by atoms with van der Waals surface area (Å²) >= 11 is 1.31. The van der Waals surface area contributed by atoms with Crippen LogP contribution in [0, 0.1) is 0 Å². The molecule has 32 heavy (non-hydrogen) atoms. The molecule has 0 aliphatic carbocycles. The first kappa shape index (κ1) is 23.8. The summed E-state index contributed by atoms with van der Waals surface area (Å²) in [5.41, 5.74) is 6.16. The standard InChI is InChI=1S/C19H24N6O5S2/c20-18(27)14(11-17-22-7-9-31-17)23-19(28)15(10-13-4-2-1-3-5-13)24-32(29,30)25-8-6-21-16(26)12-25/h1-5,7,9,14-15,24H,6,8,10-12H2,(H2,20,27)(H,21,26)(H,23,28)/t14-,15-/m0/s1. The van der Waals surface area contributed by atoms with Crippen LogP contribution in [-0.4, -0.2) is 67.1 Å². The van der Waals surface area contributed by atoms with E-state index in [9.17, 15) is 22.8 Å². The van der Waals surface area contributed by atoms with Crippen molar-refractivity contribution in [3.8, 4) is 0 Å². The fourth-order valence-corrected chi connectivity index (χ4v) is 5.12. The largest absolute Gasteiger partial charge is 0.368 e. The van der Waals surface area contributed by atoms with Crippen LogP contribution in [0.15, 0.2) is 41.9 Å². The van der Waals surface area contributed by atoms with Crippen LogP contribution in [0.1, 0.15) is 10.6 Å². The summed E-state index contributed by atoms with van der Waals surface area (Å²) < 4.78 is 29.1. The second-order valence-electron chi connectivity index (χ2n) is 7.14. The molecule has 172 valence electrons. The van der Waals surface area contributed by atoms with Crippen molar-refractivity contribution >= 4 is 39.3 Å². The number of nitrogens with one attached hydrogen (secondary N) is 3. The second kappa shape index (κ2) is 10.6. The first-order valence-corrected chi connectivity index (χ1v) is 12.1. The van der Waals surface area contributed by atoms with Gasteiger partial charge in [-0.05, 0) is 12.0 Å². The number of nitrogens with zero attached hydrogens (tertiary/aromatic N) is 2. The van der Waals surface area contributed by atoms with Crippen LogP contribution in [0.5, 0.6) is 0 Å². The van der Waals surface area contributed by atoms with E-state index in [2.05, 4.69) is 20.3 Å². The molecule has 3 rings (SSSR count). The molecule has 1 aliphatic rings. The zero-order valence-electron chi connectivity index (χ0n) is 17.1. The zero-order chi connectivity index (χ0) is 23.1.